The third-order valence-corrected chi connectivity index (χ3v) is 5.21. The quantitative estimate of drug-likeness (QED) is 0.609. The maximum atomic E-state index is 12.2. The van der Waals surface area contributed by atoms with Crippen LogP contribution in [0.5, 0.6) is 0 Å². The number of ether oxygens (including phenoxy) is 1. The van der Waals surface area contributed by atoms with Gasteiger partial charge < -0.3 is 9.64 Å². The van der Waals surface area contributed by atoms with Gasteiger partial charge in [-0.2, -0.15) is 4.99 Å². The number of esters is 1. The Kier molecular flexibility index (Phi) is 5.04. The van der Waals surface area contributed by atoms with E-state index in [1.165, 1.54) is 25.3 Å². The number of carbonyl (C=O) groups is 2. The molecule has 2 aliphatic rings. The lowest BCUT2D eigenvalue weighted by atomic mass is 10.0. The minimum atomic E-state index is -0.370. The first kappa shape index (κ1) is 16.8. The Morgan fingerprint density at radius 3 is 2.79 bits per heavy atom. The van der Waals surface area contributed by atoms with Gasteiger partial charge >= 0.3 is 5.97 Å². The van der Waals surface area contributed by atoms with E-state index in [2.05, 4.69) is 21.6 Å². The summed E-state index contributed by atoms with van der Waals surface area (Å²) in [4.78, 5) is 30.6. The Balaban J connectivity index is 1.71. The molecule has 6 heteroatoms. The third kappa shape index (κ3) is 3.70. The molecule has 5 nitrogen and oxygen atoms in total. The summed E-state index contributed by atoms with van der Waals surface area (Å²) in [5.41, 5.74) is 1.35. The zero-order valence-corrected chi connectivity index (χ0v) is 14.6. The Morgan fingerprint density at radius 1 is 1.38 bits per heavy atom. The number of hydrogen-bond acceptors (Lipinski definition) is 5. The van der Waals surface area contributed by atoms with Crippen LogP contribution >= 0.6 is 11.8 Å². The Labute approximate surface area is 145 Å². The monoisotopic (exact) mass is 344 g/mol. The molecule has 2 heterocycles. The first-order chi connectivity index (χ1) is 11.6. The largest absolute Gasteiger partial charge is 0.465 e. The summed E-state index contributed by atoms with van der Waals surface area (Å²) < 4.78 is 4.68. The molecule has 0 bridgehead atoms. The molecule has 2 aliphatic heterocycles. The first-order valence-corrected chi connectivity index (χ1v) is 8.84. The van der Waals surface area contributed by atoms with Crippen LogP contribution in [0.25, 0.3) is 6.08 Å². The lowest BCUT2D eigenvalue weighted by Gasteiger charge is -2.31. The van der Waals surface area contributed by atoms with Gasteiger partial charge in [-0.05, 0) is 54.3 Å². The Bertz CT molecular complexity index is 709. The van der Waals surface area contributed by atoms with E-state index >= 15 is 0 Å². The molecule has 0 aromatic heterocycles. The zero-order valence-electron chi connectivity index (χ0n) is 13.8. The molecule has 24 heavy (non-hydrogen) atoms. The second-order valence-electron chi connectivity index (χ2n) is 6.12. The van der Waals surface area contributed by atoms with E-state index in [1.807, 2.05) is 6.08 Å². The van der Waals surface area contributed by atoms with Crippen LogP contribution in [-0.2, 0) is 9.53 Å². The SMILES string of the molecule is COC(=O)c1ccc(/C=C2/SC(N3CCC[C@H](C)C3)=NC2=O)cc1. The first-order valence-electron chi connectivity index (χ1n) is 8.02. The Hall–Kier alpha value is -2.08. The minimum Gasteiger partial charge on any atom is -0.465 e. The van der Waals surface area contributed by atoms with Crippen LogP contribution in [-0.4, -0.2) is 42.1 Å². The molecule has 126 valence electrons. The molecule has 0 saturated carbocycles. The second kappa shape index (κ2) is 7.21. The van der Waals surface area contributed by atoms with Gasteiger partial charge in [-0.1, -0.05) is 19.1 Å². The number of aliphatic imine (C=N–C) groups is 1. The Morgan fingerprint density at radius 2 is 2.12 bits per heavy atom. The van der Waals surface area contributed by atoms with Crippen LogP contribution in [0.1, 0.15) is 35.7 Å². The molecule has 0 radical (unpaired) electrons. The molecule has 1 fully saturated rings. The van der Waals surface area contributed by atoms with E-state index in [4.69, 9.17) is 0 Å². The molecule has 0 N–H and O–H groups in total. The maximum absolute atomic E-state index is 12.2. The van der Waals surface area contributed by atoms with E-state index in [9.17, 15) is 9.59 Å². The average molecular weight is 344 g/mol. The van der Waals surface area contributed by atoms with Crippen molar-refractivity contribution in [1.29, 1.82) is 0 Å². The number of thioether (sulfide) groups is 1. The van der Waals surface area contributed by atoms with Crippen LogP contribution in [0.2, 0.25) is 0 Å². The molecule has 0 spiro atoms. The van der Waals surface area contributed by atoms with Gasteiger partial charge in [-0.15, -0.1) is 0 Å². The highest BCUT2D eigenvalue weighted by Gasteiger charge is 2.28. The van der Waals surface area contributed by atoms with Crippen molar-refractivity contribution < 1.29 is 14.3 Å². The van der Waals surface area contributed by atoms with Crippen molar-refractivity contribution in [1.82, 2.24) is 4.90 Å². The van der Waals surface area contributed by atoms with Gasteiger partial charge in [0, 0.05) is 13.1 Å². The summed E-state index contributed by atoms with van der Waals surface area (Å²) in [5, 5.41) is 0.809. The van der Waals surface area contributed by atoms with Gasteiger partial charge in [0.2, 0.25) is 0 Å². The van der Waals surface area contributed by atoms with Gasteiger partial charge in [0.15, 0.2) is 5.17 Å². The number of amides is 1. The number of benzene rings is 1. The summed E-state index contributed by atoms with van der Waals surface area (Å²) >= 11 is 1.43. The minimum absolute atomic E-state index is 0.190. The normalized spacial score (nSPS) is 22.7. The number of piperidine rings is 1. The molecule has 1 atom stereocenters. The van der Waals surface area contributed by atoms with E-state index in [0.717, 1.165) is 30.2 Å². The molecule has 1 aromatic carbocycles. The molecule has 0 unspecified atom stereocenters. The fourth-order valence-electron chi connectivity index (χ4n) is 2.88. The number of methoxy groups -OCH3 is 1. The topological polar surface area (TPSA) is 59.0 Å². The molecular weight excluding hydrogens is 324 g/mol. The van der Waals surface area contributed by atoms with Gasteiger partial charge in [0.1, 0.15) is 0 Å². The van der Waals surface area contributed by atoms with Gasteiger partial charge in [-0.25, -0.2) is 4.79 Å². The highest BCUT2D eigenvalue weighted by molar-refractivity contribution is 8.18. The van der Waals surface area contributed by atoms with Crippen molar-refractivity contribution >= 4 is 34.9 Å². The van der Waals surface area contributed by atoms with Crippen molar-refractivity contribution in [2.24, 2.45) is 10.9 Å². The molecule has 1 aromatic rings. The number of amidine groups is 1. The fourth-order valence-corrected chi connectivity index (χ4v) is 3.83. The summed E-state index contributed by atoms with van der Waals surface area (Å²) in [6.45, 7) is 4.15. The zero-order chi connectivity index (χ0) is 17.1. The number of nitrogens with zero attached hydrogens (tertiary/aromatic N) is 2. The summed E-state index contributed by atoms with van der Waals surface area (Å²) in [6, 6.07) is 6.98. The lowest BCUT2D eigenvalue weighted by Crippen LogP contribution is -2.37. The van der Waals surface area contributed by atoms with Crippen molar-refractivity contribution in [3.8, 4) is 0 Å². The standard InChI is InChI=1S/C18H20N2O3S/c1-12-4-3-9-20(11-12)18-19-16(21)15(24-18)10-13-5-7-14(8-6-13)17(22)23-2/h5-8,10,12H,3-4,9,11H2,1-2H3/b15-10+/t12-/m0/s1. The molecule has 1 amide bonds. The van der Waals surface area contributed by atoms with Gasteiger partial charge in [-0.3, -0.25) is 4.79 Å². The molecule has 0 aliphatic carbocycles. The predicted octanol–water partition coefficient (Wildman–Crippen LogP) is 3.18. The fraction of sp³-hybridized carbons (Fsp3) is 0.389. The highest BCUT2D eigenvalue weighted by Crippen LogP contribution is 2.32. The summed E-state index contributed by atoms with van der Waals surface area (Å²) in [7, 11) is 1.35. The van der Waals surface area contributed by atoms with Crippen LogP contribution in [0.3, 0.4) is 0 Å². The van der Waals surface area contributed by atoms with Gasteiger partial charge in [0.05, 0.1) is 17.6 Å². The lowest BCUT2D eigenvalue weighted by molar-refractivity contribution is -0.113. The number of carbonyl (C=O) groups excluding carboxylic acids is 2. The molecule has 1 saturated heterocycles. The third-order valence-electron chi connectivity index (χ3n) is 4.17. The van der Waals surface area contributed by atoms with E-state index in [1.54, 1.807) is 24.3 Å². The van der Waals surface area contributed by atoms with Crippen LogP contribution in [0.4, 0.5) is 0 Å². The summed E-state index contributed by atoms with van der Waals surface area (Å²) in [6.07, 6.45) is 4.19. The van der Waals surface area contributed by atoms with E-state index < -0.39 is 0 Å². The predicted molar refractivity (Wildman–Crippen MR) is 95.8 cm³/mol. The van der Waals surface area contributed by atoms with Crippen molar-refractivity contribution in [2.75, 3.05) is 20.2 Å². The van der Waals surface area contributed by atoms with Gasteiger partial charge in [0.25, 0.3) is 5.91 Å². The van der Waals surface area contributed by atoms with E-state index in [-0.39, 0.29) is 11.9 Å². The number of hydrogen-bond donors (Lipinski definition) is 0. The van der Waals surface area contributed by atoms with Crippen molar-refractivity contribution in [2.45, 2.75) is 19.8 Å². The molecule has 3 rings (SSSR count). The van der Waals surface area contributed by atoms with Crippen LogP contribution in [0.15, 0.2) is 34.2 Å². The number of rotatable bonds is 2. The van der Waals surface area contributed by atoms with Crippen LogP contribution < -0.4 is 0 Å². The molecular formula is C18H20N2O3S. The maximum Gasteiger partial charge on any atom is 0.337 e. The number of likely N-dealkylation sites (tertiary alicyclic amines) is 1. The van der Waals surface area contributed by atoms with Crippen molar-refractivity contribution in [3.05, 3.63) is 40.3 Å². The average Bonchev–Trinajstić information content (AvgIpc) is 2.96. The smallest absolute Gasteiger partial charge is 0.337 e. The van der Waals surface area contributed by atoms with Crippen LogP contribution in [0, 0.1) is 5.92 Å². The van der Waals surface area contributed by atoms with Crippen molar-refractivity contribution in [3.63, 3.8) is 0 Å². The summed E-state index contributed by atoms with van der Waals surface area (Å²) in [5.74, 6) is 0.0756. The van der Waals surface area contributed by atoms with E-state index in [0.29, 0.717) is 16.4 Å². The highest BCUT2D eigenvalue weighted by atomic mass is 32.2. The second-order valence-corrected chi connectivity index (χ2v) is 7.13.